The number of piperidine rings is 1. The van der Waals surface area contributed by atoms with Crippen LogP contribution in [-0.4, -0.2) is 52.7 Å². The summed E-state index contributed by atoms with van der Waals surface area (Å²) >= 11 is 0. The Bertz CT molecular complexity index is 566. The van der Waals surface area contributed by atoms with E-state index < -0.39 is 24.7 Å². The van der Waals surface area contributed by atoms with Gasteiger partial charge in [-0.25, -0.2) is 4.98 Å². The minimum atomic E-state index is -4.45. The SMILES string of the molecule is O=C(O)C1CCN(C(=O)c2ccc(OCC(F)(F)F)nc2)CC1. The van der Waals surface area contributed by atoms with E-state index in [1.54, 1.807) is 0 Å². The molecule has 1 aliphatic rings. The van der Waals surface area contributed by atoms with Crippen LogP contribution in [0, 0.1) is 5.92 Å². The van der Waals surface area contributed by atoms with Gasteiger partial charge in [-0.05, 0) is 18.9 Å². The smallest absolute Gasteiger partial charge is 0.422 e. The van der Waals surface area contributed by atoms with Gasteiger partial charge in [-0.2, -0.15) is 13.2 Å². The van der Waals surface area contributed by atoms with Crippen LogP contribution in [0.3, 0.4) is 0 Å². The Hall–Kier alpha value is -2.32. The number of likely N-dealkylation sites (tertiary alicyclic amines) is 1. The molecule has 0 saturated carbocycles. The first-order valence-corrected chi connectivity index (χ1v) is 6.94. The van der Waals surface area contributed by atoms with Crippen LogP contribution in [0.2, 0.25) is 0 Å². The summed E-state index contributed by atoms with van der Waals surface area (Å²) in [6.07, 6.45) is -2.55. The molecule has 0 spiro atoms. The number of carbonyl (C=O) groups is 2. The Morgan fingerprint density at radius 3 is 2.43 bits per heavy atom. The topological polar surface area (TPSA) is 79.7 Å². The predicted octanol–water partition coefficient (Wildman–Crippen LogP) is 1.96. The van der Waals surface area contributed by atoms with E-state index in [9.17, 15) is 22.8 Å². The summed E-state index contributed by atoms with van der Waals surface area (Å²) in [7, 11) is 0. The van der Waals surface area contributed by atoms with E-state index >= 15 is 0 Å². The number of carboxylic acids is 1. The molecule has 0 bridgehead atoms. The van der Waals surface area contributed by atoms with E-state index in [2.05, 4.69) is 9.72 Å². The number of aliphatic carboxylic acids is 1. The highest BCUT2D eigenvalue weighted by Crippen LogP contribution is 2.20. The highest BCUT2D eigenvalue weighted by molar-refractivity contribution is 5.94. The lowest BCUT2D eigenvalue weighted by atomic mass is 9.97. The number of halogens is 3. The van der Waals surface area contributed by atoms with Gasteiger partial charge in [0.15, 0.2) is 6.61 Å². The predicted molar refractivity (Wildman–Crippen MR) is 72.1 cm³/mol. The zero-order chi connectivity index (χ0) is 17.0. The van der Waals surface area contributed by atoms with Crippen molar-refractivity contribution in [1.29, 1.82) is 0 Å². The maximum absolute atomic E-state index is 12.2. The molecule has 0 aliphatic carbocycles. The average molecular weight is 332 g/mol. The maximum atomic E-state index is 12.2. The molecule has 1 amide bonds. The summed E-state index contributed by atoms with van der Waals surface area (Å²) < 4.78 is 40.5. The van der Waals surface area contributed by atoms with Crippen LogP contribution in [0.25, 0.3) is 0 Å². The van der Waals surface area contributed by atoms with E-state index in [0.29, 0.717) is 25.9 Å². The number of carboxylic acid groups (broad SMARTS) is 1. The first-order valence-electron chi connectivity index (χ1n) is 6.94. The van der Waals surface area contributed by atoms with Crippen LogP contribution in [0.4, 0.5) is 13.2 Å². The van der Waals surface area contributed by atoms with Crippen molar-refractivity contribution in [1.82, 2.24) is 9.88 Å². The van der Waals surface area contributed by atoms with Gasteiger partial charge >= 0.3 is 12.1 Å². The van der Waals surface area contributed by atoms with Crippen molar-refractivity contribution in [3.63, 3.8) is 0 Å². The highest BCUT2D eigenvalue weighted by atomic mass is 19.4. The molecule has 1 N–H and O–H groups in total. The summed E-state index contributed by atoms with van der Waals surface area (Å²) in [4.78, 5) is 28.3. The van der Waals surface area contributed by atoms with Crippen molar-refractivity contribution in [2.24, 2.45) is 5.92 Å². The average Bonchev–Trinajstić information content (AvgIpc) is 2.52. The van der Waals surface area contributed by atoms with Gasteiger partial charge in [-0.15, -0.1) is 0 Å². The molecule has 0 atom stereocenters. The van der Waals surface area contributed by atoms with Gasteiger partial charge in [0.05, 0.1) is 11.5 Å². The van der Waals surface area contributed by atoms with Crippen molar-refractivity contribution in [3.8, 4) is 5.88 Å². The number of carbonyl (C=O) groups excluding carboxylic acids is 1. The van der Waals surface area contributed by atoms with E-state index in [-0.39, 0.29) is 17.4 Å². The lowest BCUT2D eigenvalue weighted by molar-refractivity contribution is -0.154. The van der Waals surface area contributed by atoms with E-state index in [4.69, 9.17) is 5.11 Å². The Balaban J connectivity index is 1.92. The fourth-order valence-electron chi connectivity index (χ4n) is 2.26. The standard InChI is InChI=1S/C14H15F3N2O4/c15-14(16,17)8-23-11-2-1-10(7-18-11)12(20)19-5-3-9(4-6-19)13(21)22/h1-2,7,9H,3-6,8H2,(H,21,22). The third-order valence-corrected chi connectivity index (χ3v) is 3.50. The summed E-state index contributed by atoms with van der Waals surface area (Å²) in [5.74, 6) is -1.87. The van der Waals surface area contributed by atoms with Gasteiger partial charge in [0, 0.05) is 25.4 Å². The molecule has 9 heteroatoms. The Kier molecular flexibility index (Phi) is 5.07. The molecule has 2 heterocycles. The molecule has 6 nitrogen and oxygen atoms in total. The zero-order valence-electron chi connectivity index (χ0n) is 12.0. The van der Waals surface area contributed by atoms with Gasteiger partial charge in [0.1, 0.15) is 0 Å². The van der Waals surface area contributed by atoms with Crippen molar-refractivity contribution in [3.05, 3.63) is 23.9 Å². The van der Waals surface area contributed by atoms with Crippen LogP contribution in [-0.2, 0) is 4.79 Å². The molecular formula is C14H15F3N2O4. The molecule has 0 aromatic carbocycles. The fraction of sp³-hybridized carbons (Fsp3) is 0.500. The molecule has 0 unspecified atom stereocenters. The molecule has 1 fully saturated rings. The van der Waals surface area contributed by atoms with Crippen molar-refractivity contribution in [2.75, 3.05) is 19.7 Å². The van der Waals surface area contributed by atoms with Crippen LogP contribution >= 0.6 is 0 Å². The first-order chi connectivity index (χ1) is 10.8. The monoisotopic (exact) mass is 332 g/mol. The fourth-order valence-corrected chi connectivity index (χ4v) is 2.26. The number of hydrogen-bond acceptors (Lipinski definition) is 4. The number of rotatable bonds is 4. The number of ether oxygens (including phenoxy) is 1. The normalized spacial score (nSPS) is 16.2. The van der Waals surface area contributed by atoms with Crippen molar-refractivity contribution < 1.29 is 32.6 Å². The molecule has 23 heavy (non-hydrogen) atoms. The second-order valence-corrected chi connectivity index (χ2v) is 5.19. The molecular weight excluding hydrogens is 317 g/mol. The molecule has 0 radical (unpaired) electrons. The molecule has 1 aliphatic heterocycles. The van der Waals surface area contributed by atoms with Gasteiger partial charge in [-0.1, -0.05) is 0 Å². The minimum Gasteiger partial charge on any atom is -0.481 e. The largest absolute Gasteiger partial charge is 0.481 e. The summed E-state index contributed by atoms with van der Waals surface area (Å²) in [6, 6.07) is 2.54. The number of nitrogens with zero attached hydrogens (tertiary/aromatic N) is 2. The third kappa shape index (κ3) is 4.83. The van der Waals surface area contributed by atoms with E-state index in [0.717, 1.165) is 6.20 Å². The van der Waals surface area contributed by atoms with Gasteiger partial charge < -0.3 is 14.7 Å². The van der Waals surface area contributed by atoms with Crippen LogP contribution in [0.15, 0.2) is 18.3 Å². The van der Waals surface area contributed by atoms with E-state index in [1.165, 1.54) is 17.0 Å². The van der Waals surface area contributed by atoms with Crippen LogP contribution in [0.5, 0.6) is 5.88 Å². The molecule has 2 rings (SSSR count). The lowest BCUT2D eigenvalue weighted by Gasteiger charge is -2.30. The van der Waals surface area contributed by atoms with Crippen molar-refractivity contribution >= 4 is 11.9 Å². The summed E-state index contributed by atoms with van der Waals surface area (Å²) in [5.41, 5.74) is 0.220. The summed E-state index contributed by atoms with van der Waals surface area (Å²) in [6.45, 7) is -0.805. The molecule has 126 valence electrons. The third-order valence-electron chi connectivity index (χ3n) is 3.50. The second-order valence-electron chi connectivity index (χ2n) is 5.19. The second kappa shape index (κ2) is 6.84. The molecule has 1 aromatic heterocycles. The highest BCUT2D eigenvalue weighted by Gasteiger charge is 2.29. The number of pyridine rings is 1. The van der Waals surface area contributed by atoms with Gasteiger partial charge in [0.25, 0.3) is 5.91 Å². The van der Waals surface area contributed by atoms with Crippen LogP contribution in [0.1, 0.15) is 23.2 Å². The quantitative estimate of drug-likeness (QED) is 0.912. The Morgan fingerprint density at radius 1 is 1.30 bits per heavy atom. The number of alkyl halides is 3. The van der Waals surface area contributed by atoms with Crippen molar-refractivity contribution in [2.45, 2.75) is 19.0 Å². The van der Waals surface area contributed by atoms with E-state index in [1.807, 2.05) is 0 Å². The lowest BCUT2D eigenvalue weighted by Crippen LogP contribution is -2.40. The number of aromatic nitrogens is 1. The maximum Gasteiger partial charge on any atom is 0.422 e. The number of amides is 1. The molecule has 1 aromatic rings. The zero-order valence-corrected chi connectivity index (χ0v) is 12.0. The Morgan fingerprint density at radius 2 is 1.96 bits per heavy atom. The van der Waals surface area contributed by atoms with Gasteiger partial charge in [0.2, 0.25) is 5.88 Å². The van der Waals surface area contributed by atoms with Crippen LogP contribution < -0.4 is 4.74 Å². The minimum absolute atomic E-state index is 0.219. The Labute approximate surface area is 129 Å². The number of hydrogen-bond donors (Lipinski definition) is 1. The molecule has 1 saturated heterocycles. The summed E-state index contributed by atoms with van der Waals surface area (Å²) in [5, 5.41) is 8.91. The van der Waals surface area contributed by atoms with Gasteiger partial charge in [-0.3, -0.25) is 9.59 Å². The first kappa shape index (κ1) is 17.0.